The minimum absolute atomic E-state index is 0.0367. The molecule has 2 rings (SSSR count). The molecular weight excluding hydrogens is 598 g/mol. The first-order valence-electron chi connectivity index (χ1n) is 6.66. The summed E-state index contributed by atoms with van der Waals surface area (Å²) in [5.41, 5.74) is 1.44. The first-order chi connectivity index (χ1) is 11.4. The van der Waals surface area contributed by atoms with Gasteiger partial charge in [-0.25, -0.2) is 0 Å². The molecule has 7 heteroatoms. The summed E-state index contributed by atoms with van der Waals surface area (Å²) in [6.07, 6.45) is 1.57. The lowest BCUT2D eigenvalue weighted by molar-refractivity contribution is -0.112. The van der Waals surface area contributed by atoms with E-state index in [0.29, 0.717) is 5.69 Å². The van der Waals surface area contributed by atoms with Crippen LogP contribution in [0.5, 0.6) is 5.75 Å². The molecule has 0 fully saturated rings. The van der Waals surface area contributed by atoms with E-state index in [1.807, 2.05) is 30.3 Å². The number of nitrogens with zero attached hydrogens (tertiary/aromatic N) is 1. The Bertz CT molecular complexity index is 820. The SMILES string of the molecule is COc1c(I)cc(/C=C(/C#N)C(=O)Nc2ccc(Br)cc2)cc1I. The third-order valence-electron chi connectivity index (χ3n) is 3.00. The Morgan fingerprint density at radius 2 is 1.83 bits per heavy atom. The van der Waals surface area contributed by atoms with E-state index >= 15 is 0 Å². The lowest BCUT2D eigenvalue weighted by atomic mass is 10.1. The van der Waals surface area contributed by atoms with Crippen LogP contribution < -0.4 is 10.1 Å². The number of rotatable bonds is 4. The van der Waals surface area contributed by atoms with Gasteiger partial charge in [0.15, 0.2) is 0 Å². The quantitative estimate of drug-likeness (QED) is 0.295. The molecule has 0 aromatic heterocycles. The Morgan fingerprint density at radius 3 is 2.33 bits per heavy atom. The standard InChI is InChI=1S/C17H11BrI2N2O2/c1-24-16-14(19)7-10(8-15(16)20)6-11(9-21)17(23)22-13-4-2-12(18)3-5-13/h2-8H,1H3,(H,22,23)/b11-6-. The Morgan fingerprint density at radius 1 is 1.25 bits per heavy atom. The number of carbonyl (C=O) groups is 1. The van der Waals surface area contributed by atoms with Crippen LogP contribution in [0.4, 0.5) is 5.69 Å². The van der Waals surface area contributed by atoms with E-state index in [0.717, 1.165) is 22.9 Å². The molecule has 1 N–H and O–H groups in total. The average molecular weight is 609 g/mol. The number of nitrogens with one attached hydrogen (secondary N) is 1. The molecule has 4 nitrogen and oxygen atoms in total. The van der Waals surface area contributed by atoms with Crippen molar-refractivity contribution in [2.75, 3.05) is 12.4 Å². The minimum Gasteiger partial charge on any atom is -0.495 e. The van der Waals surface area contributed by atoms with Gasteiger partial charge in [0.1, 0.15) is 17.4 Å². The molecule has 0 heterocycles. The highest BCUT2D eigenvalue weighted by atomic mass is 127. The number of amides is 1. The summed E-state index contributed by atoms with van der Waals surface area (Å²) in [5.74, 6) is 0.340. The van der Waals surface area contributed by atoms with Crippen molar-refractivity contribution in [1.82, 2.24) is 0 Å². The van der Waals surface area contributed by atoms with Crippen molar-refractivity contribution in [3.63, 3.8) is 0 Å². The molecule has 1 amide bonds. The lowest BCUT2D eigenvalue weighted by Crippen LogP contribution is -2.13. The molecule has 0 saturated carbocycles. The summed E-state index contributed by atoms with van der Waals surface area (Å²) in [4.78, 5) is 12.3. The van der Waals surface area contributed by atoms with E-state index in [9.17, 15) is 10.1 Å². The third-order valence-corrected chi connectivity index (χ3v) is 5.13. The predicted octanol–water partition coefficient (Wildman–Crippen LogP) is 5.21. The zero-order chi connectivity index (χ0) is 17.7. The molecule has 2 aromatic rings. The number of ether oxygens (including phenoxy) is 1. The minimum atomic E-state index is -0.444. The molecule has 122 valence electrons. The highest BCUT2D eigenvalue weighted by molar-refractivity contribution is 14.1. The number of nitriles is 1. The predicted molar refractivity (Wildman–Crippen MR) is 115 cm³/mol. The number of halogens is 3. The van der Waals surface area contributed by atoms with Crippen molar-refractivity contribution < 1.29 is 9.53 Å². The summed E-state index contributed by atoms with van der Waals surface area (Å²) >= 11 is 7.66. The van der Waals surface area contributed by atoms with Crippen molar-refractivity contribution in [2.24, 2.45) is 0 Å². The van der Waals surface area contributed by atoms with Gasteiger partial charge in [0.2, 0.25) is 0 Å². The maximum Gasteiger partial charge on any atom is 0.266 e. The highest BCUT2D eigenvalue weighted by Crippen LogP contribution is 2.29. The van der Waals surface area contributed by atoms with Crippen LogP contribution in [0.15, 0.2) is 46.4 Å². The van der Waals surface area contributed by atoms with Crippen LogP contribution in [0.2, 0.25) is 0 Å². The molecule has 0 radical (unpaired) electrons. The molecule has 0 atom stereocenters. The van der Waals surface area contributed by atoms with Crippen molar-refractivity contribution in [1.29, 1.82) is 5.26 Å². The number of carbonyl (C=O) groups excluding carboxylic acids is 1. The Kier molecular flexibility index (Phi) is 7.06. The fraction of sp³-hybridized carbons (Fsp3) is 0.0588. The van der Waals surface area contributed by atoms with Crippen LogP contribution in [-0.2, 0) is 4.79 Å². The van der Waals surface area contributed by atoms with Crippen LogP contribution in [0.25, 0.3) is 6.08 Å². The van der Waals surface area contributed by atoms with Gasteiger partial charge in [0, 0.05) is 10.2 Å². The van der Waals surface area contributed by atoms with Crippen LogP contribution in [0.3, 0.4) is 0 Å². The molecule has 0 unspecified atom stereocenters. The van der Waals surface area contributed by atoms with Gasteiger partial charge in [0.25, 0.3) is 5.91 Å². The largest absolute Gasteiger partial charge is 0.495 e. The number of anilines is 1. The maximum absolute atomic E-state index is 12.3. The number of methoxy groups -OCH3 is 1. The van der Waals surface area contributed by atoms with Crippen molar-refractivity contribution in [3.8, 4) is 11.8 Å². The van der Waals surface area contributed by atoms with E-state index in [1.54, 1.807) is 25.3 Å². The smallest absolute Gasteiger partial charge is 0.266 e. The second kappa shape index (κ2) is 8.82. The fourth-order valence-electron chi connectivity index (χ4n) is 1.90. The first-order valence-corrected chi connectivity index (χ1v) is 9.61. The Labute approximate surface area is 175 Å². The van der Waals surface area contributed by atoms with Gasteiger partial charge in [-0.2, -0.15) is 5.26 Å². The van der Waals surface area contributed by atoms with Gasteiger partial charge >= 0.3 is 0 Å². The second-order valence-electron chi connectivity index (χ2n) is 4.65. The molecule has 0 saturated heterocycles. The number of hydrogen-bond donors (Lipinski definition) is 1. The molecule has 0 aliphatic rings. The molecule has 0 aliphatic carbocycles. The van der Waals surface area contributed by atoms with Crippen molar-refractivity contribution in [3.05, 3.63) is 59.1 Å². The van der Waals surface area contributed by atoms with Crippen molar-refractivity contribution >= 4 is 78.8 Å². The maximum atomic E-state index is 12.3. The van der Waals surface area contributed by atoms with Gasteiger partial charge < -0.3 is 10.1 Å². The summed E-state index contributed by atoms with van der Waals surface area (Å²) in [5, 5.41) is 12.0. The van der Waals surface area contributed by atoms with Gasteiger partial charge in [-0.1, -0.05) is 15.9 Å². The fourth-order valence-corrected chi connectivity index (χ4v) is 4.43. The van der Waals surface area contributed by atoms with E-state index in [-0.39, 0.29) is 5.57 Å². The van der Waals surface area contributed by atoms with E-state index in [2.05, 4.69) is 66.4 Å². The van der Waals surface area contributed by atoms with Gasteiger partial charge in [-0.3, -0.25) is 4.79 Å². The molecule has 0 bridgehead atoms. The number of benzene rings is 2. The topological polar surface area (TPSA) is 62.1 Å². The normalized spacial score (nSPS) is 10.9. The average Bonchev–Trinajstić information content (AvgIpc) is 2.54. The van der Waals surface area contributed by atoms with Gasteiger partial charge in [-0.15, -0.1) is 0 Å². The molecule has 0 aliphatic heterocycles. The Balaban J connectivity index is 2.27. The monoisotopic (exact) mass is 608 g/mol. The molecule has 2 aromatic carbocycles. The third kappa shape index (κ3) is 4.94. The number of hydrogen-bond acceptors (Lipinski definition) is 3. The van der Waals surface area contributed by atoms with Crippen LogP contribution in [0.1, 0.15) is 5.56 Å². The van der Waals surface area contributed by atoms with E-state index in [1.165, 1.54) is 0 Å². The lowest BCUT2D eigenvalue weighted by Gasteiger charge is -2.08. The van der Waals surface area contributed by atoms with Gasteiger partial charge in [-0.05, 0) is 93.2 Å². The summed E-state index contributed by atoms with van der Waals surface area (Å²) in [7, 11) is 1.61. The van der Waals surface area contributed by atoms with Crippen molar-refractivity contribution in [2.45, 2.75) is 0 Å². The zero-order valence-corrected chi connectivity index (χ0v) is 18.3. The summed E-state index contributed by atoms with van der Waals surface area (Å²) < 4.78 is 8.06. The molecule has 24 heavy (non-hydrogen) atoms. The van der Waals surface area contributed by atoms with E-state index in [4.69, 9.17) is 4.74 Å². The van der Waals surface area contributed by atoms with Crippen LogP contribution >= 0.6 is 61.1 Å². The van der Waals surface area contributed by atoms with Crippen LogP contribution in [-0.4, -0.2) is 13.0 Å². The molecular formula is C17H11BrI2N2O2. The van der Waals surface area contributed by atoms with Gasteiger partial charge in [0.05, 0.1) is 14.3 Å². The first kappa shape index (κ1) is 19.2. The summed E-state index contributed by atoms with van der Waals surface area (Å²) in [6.45, 7) is 0. The second-order valence-corrected chi connectivity index (χ2v) is 7.89. The zero-order valence-electron chi connectivity index (χ0n) is 12.4. The Hall–Kier alpha value is -1.12. The van der Waals surface area contributed by atoms with E-state index < -0.39 is 5.91 Å². The summed E-state index contributed by atoms with van der Waals surface area (Å²) in [6, 6.07) is 12.8. The highest BCUT2D eigenvalue weighted by Gasteiger charge is 2.12. The molecule has 0 spiro atoms. The van der Waals surface area contributed by atoms with Crippen LogP contribution in [0, 0.1) is 18.5 Å².